The van der Waals surface area contributed by atoms with Crippen LogP contribution < -0.4 is 0 Å². The van der Waals surface area contributed by atoms with Gasteiger partial charge in [0.25, 0.3) is 0 Å². The molecule has 2 aromatic carbocycles. The molecule has 2 aromatic rings. The monoisotopic (exact) mass is 298 g/mol. The second-order valence-corrected chi connectivity index (χ2v) is 5.31. The molecule has 0 fully saturated rings. The molecular formula is C20H20F2. The van der Waals surface area contributed by atoms with Gasteiger partial charge in [0.2, 0.25) is 0 Å². The fourth-order valence-electron chi connectivity index (χ4n) is 2.45. The van der Waals surface area contributed by atoms with E-state index in [9.17, 15) is 8.78 Å². The molecule has 22 heavy (non-hydrogen) atoms. The van der Waals surface area contributed by atoms with Gasteiger partial charge in [-0.25, -0.2) is 8.78 Å². The summed E-state index contributed by atoms with van der Waals surface area (Å²) in [6.07, 6.45) is 3.57. The molecular weight excluding hydrogens is 278 g/mol. The number of rotatable bonds is 5. The summed E-state index contributed by atoms with van der Waals surface area (Å²) in [6.45, 7) is 3.85. The molecule has 0 aliphatic heterocycles. The van der Waals surface area contributed by atoms with Gasteiger partial charge in [-0.3, -0.25) is 0 Å². The van der Waals surface area contributed by atoms with Crippen LogP contribution in [0.5, 0.6) is 0 Å². The van der Waals surface area contributed by atoms with Crippen LogP contribution in [0.3, 0.4) is 0 Å². The zero-order valence-electron chi connectivity index (χ0n) is 13.0. The summed E-state index contributed by atoms with van der Waals surface area (Å²) in [7, 11) is 0. The average Bonchev–Trinajstić information content (AvgIpc) is 2.53. The van der Waals surface area contributed by atoms with Crippen LogP contribution in [0.25, 0.3) is 11.1 Å². The lowest BCUT2D eigenvalue weighted by molar-refractivity contribution is 0.498. The van der Waals surface area contributed by atoms with E-state index in [4.69, 9.17) is 0 Å². The summed E-state index contributed by atoms with van der Waals surface area (Å²) >= 11 is 0. The van der Waals surface area contributed by atoms with Gasteiger partial charge in [-0.1, -0.05) is 50.0 Å². The summed E-state index contributed by atoms with van der Waals surface area (Å²) in [4.78, 5) is 0. The highest BCUT2D eigenvalue weighted by atomic mass is 19.2. The first-order valence-corrected chi connectivity index (χ1v) is 7.67. The van der Waals surface area contributed by atoms with Crippen molar-refractivity contribution in [2.75, 3.05) is 0 Å². The number of benzene rings is 2. The molecule has 0 amide bonds. The molecule has 0 radical (unpaired) electrons. The van der Waals surface area contributed by atoms with Gasteiger partial charge < -0.3 is 0 Å². The third kappa shape index (κ3) is 3.74. The molecule has 0 saturated heterocycles. The molecule has 0 heterocycles. The highest BCUT2D eigenvalue weighted by Crippen LogP contribution is 2.27. The predicted octanol–water partition coefficient (Wildman–Crippen LogP) is 5.74. The van der Waals surface area contributed by atoms with Gasteiger partial charge in [0.05, 0.1) is 0 Å². The second-order valence-electron chi connectivity index (χ2n) is 5.31. The third-order valence-corrected chi connectivity index (χ3v) is 3.68. The highest BCUT2D eigenvalue weighted by molar-refractivity contribution is 5.65. The van der Waals surface area contributed by atoms with Gasteiger partial charge in [-0.2, -0.15) is 0 Å². The molecule has 0 N–H and O–H groups in total. The molecule has 2 heteroatoms. The average molecular weight is 298 g/mol. The third-order valence-electron chi connectivity index (χ3n) is 3.68. The SMILES string of the molecule is CC#Cc1ccc(-c2ccc(CCCCC)c(F)c2F)cc1. The van der Waals surface area contributed by atoms with E-state index < -0.39 is 11.6 Å². The van der Waals surface area contributed by atoms with Crippen LogP contribution in [0.2, 0.25) is 0 Å². The van der Waals surface area contributed by atoms with E-state index in [-0.39, 0.29) is 0 Å². The molecule has 0 aromatic heterocycles. The predicted molar refractivity (Wildman–Crippen MR) is 87.6 cm³/mol. The number of hydrogen-bond donors (Lipinski definition) is 0. The Hall–Kier alpha value is -2.14. The summed E-state index contributed by atoms with van der Waals surface area (Å²) in [5, 5.41) is 0. The maximum atomic E-state index is 14.3. The lowest BCUT2D eigenvalue weighted by Crippen LogP contribution is -1.97. The van der Waals surface area contributed by atoms with E-state index in [1.54, 1.807) is 31.2 Å². The topological polar surface area (TPSA) is 0 Å². The molecule has 0 atom stereocenters. The Balaban J connectivity index is 2.27. The molecule has 114 valence electrons. The fourth-order valence-corrected chi connectivity index (χ4v) is 2.45. The molecule has 2 rings (SSSR count). The smallest absolute Gasteiger partial charge is 0.166 e. The highest BCUT2D eigenvalue weighted by Gasteiger charge is 2.14. The Labute approximate surface area is 131 Å². The molecule has 0 unspecified atom stereocenters. The Morgan fingerprint density at radius 3 is 2.27 bits per heavy atom. The summed E-state index contributed by atoms with van der Waals surface area (Å²) in [5.74, 6) is 4.27. The van der Waals surface area contributed by atoms with Gasteiger partial charge in [0.15, 0.2) is 11.6 Å². The quantitative estimate of drug-likeness (QED) is 0.488. The van der Waals surface area contributed by atoms with Gasteiger partial charge >= 0.3 is 0 Å². The van der Waals surface area contributed by atoms with Crippen LogP contribution in [-0.2, 0) is 6.42 Å². The number of hydrogen-bond acceptors (Lipinski definition) is 0. The molecule has 0 saturated carbocycles. The van der Waals surface area contributed by atoms with Crippen molar-refractivity contribution in [1.29, 1.82) is 0 Å². The van der Waals surface area contributed by atoms with Crippen molar-refractivity contribution < 1.29 is 8.78 Å². The van der Waals surface area contributed by atoms with Crippen molar-refractivity contribution in [3.8, 4) is 23.0 Å². The van der Waals surface area contributed by atoms with E-state index in [2.05, 4.69) is 18.8 Å². The molecule has 0 nitrogen and oxygen atoms in total. The van der Waals surface area contributed by atoms with E-state index in [1.807, 2.05) is 12.1 Å². The van der Waals surface area contributed by atoms with Gasteiger partial charge in [-0.05, 0) is 43.0 Å². The molecule has 0 bridgehead atoms. The van der Waals surface area contributed by atoms with Gasteiger partial charge in [0, 0.05) is 11.1 Å². The van der Waals surface area contributed by atoms with Crippen LogP contribution in [-0.4, -0.2) is 0 Å². The van der Waals surface area contributed by atoms with E-state index in [1.165, 1.54) is 0 Å². The summed E-state index contributed by atoms with van der Waals surface area (Å²) in [6, 6.07) is 10.5. The van der Waals surface area contributed by atoms with Crippen LogP contribution in [0.4, 0.5) is 8.78 Å². The maximum Gasteiger partial charge on any atom is 0.166 e. The minimum absolute atomic E-state index is 0.299. The normalized spacial score (nSPS) is 10.2. The fraction of sp³-hybridized carbons (Fsp3) is 0.300. The van der Waals surface area contributed by atoms with Crippen molar-refractivity contribution in [1.82, 2.24) is 0 Å². The van der Waals surface area contributed by atoms with Crippen molar-refractivity contribution in [3.05, 3.63) is 59.2 Å². The van der Waals surface area contributed by atoms with Gasteiger partial charge in [-0.15, -0.1) is 5.92 Å². The minimum atomic E-state index is -0.761. The lowest BCUT2D eigenvalue weighted by Gasteiger charge is -2.09. The molecule has 0 aliphatic carbocycles. The zero-order chi connectivity index (χ0) is 15.9. The van der Waals surface area contributed by atoms with Crippen LogP contribution in [0, 0.1) is 23.5 Å². The van der Waals surface area contributed by atoms with Crippen molar-refractivity contribution >= 4 is 0 Å². The summed E-state index contributed by atoms with van der Waals surface area (Å²) in [5.41, 5.74) is 2.29. The zero-order valence-corrected chi connectivity index (χ0v) is 13.0. The van der Waals surface area contributed by atoms with E-state index in [0.717, 1.165) is 24.8 Å². The van der Waals surface area contributed by atoms with Crippen LogP contribution >= 0.6 is 0 Å². The van der Waals surface area contributed by atoms with E-state index in [0.29, 0.717) is 23.1 Å². The van der Waals surface area contributed by atoms with Crippen molar-refractivity contribution in [3.63, 3.8) is 0 Å². The van der Waals surface area contributed by atoms with E-state index >= 15 is 0 Å². The first kappa shape index (κ1) is 16.2. The largest absolute Gasteiger partial charge is 0.203 e. The van der Waals surface area contributed by atoms with Crippen molar-refractivity contribution in [2.24, 2.45) is 0 Å². The van der Waals surface area contributed by atoms with Crippen LogP contribution in [0.1, 0.15) is 44.2 Å². The lowest BCUT2D eigenvalue weighted by atomic mass is 9.99. The molecule has 0 spiro atoms. The summed E-state index contributed by atoms with van der Waals surface area (Å²) < 4.78 is 28.5. The minimum Gasteiger partial charge on any atom is -0.203 e. The standard InChI is InChI=1S/C20H20F2/c1-3-5-6-8-17-13-14-18(20(22)19(17)21)16-11-9-15(7-4-2)10-12-16/h9-14H,3,5-6,8H2,1-2H3. The maximum absolute atomic E-state index is 14.3. The van der Waals surface area contributed by atoms with Crippen molar-refractivity contribution in [2.45, 2.75) is 39.5 Å². The Morgan fingerprint density at radius 1 is 0.909 bits per heavy atom. The Bertz CT molecular complexity index is 688. The first-order chi connectivity index (χ1) is 10.7. The first-order valence-electron chi connectivity index (χ1n) is 7.67. The Morgan fingerprint density at radius 2 is 1.64 bits per heavy atom. The number of unbranched alkanes of at least 4 members (excludes halogenated alkanes) is 2. The number of halogens is 2. The number of aryl methyl sites for hydroxylation is 1. The molecule has 0 aliphatic rings. The van der Waals surface area contributed by atoms with Gasteiger partial charge in [0.1, 0.15) is 0 Å². The Kier molecular flexibility index (Phi) is 5.72. The second kappa shape index (κ2) is 7.75. The van der Waals surface area contributed by atoms with Crippen LogP contribution in [0.15, 0.2) is 36.4 Å².